The van der Waals surface area contributed by atoms with Gasteiger partial charge in [0.1, 0.15) is 11.6 Å². The highest BCUT2D eigenvalue weighted by atomic mass is 16.5. The molecule has 6 nitrogen and oxygen atoms in total. The van der Waals surface area contributed by atoms with E-state index in [0.717, 1.165) is 42.2 Å². The fourth-order valence-corrected chi connectivity index (χ4v) is 2.49. The van der Waals surface area contributed by atoms with E-state index in [1.54, 1.807) is 0 Å². The Bertz CT molecular complexity index is 816. The van der Waals surface area contributed by atoms with E-state index in [0.29, 0.717) is 11.8 Å². The first-order valence-electron chi connectivity index (χ1n) is 8.51. The molecule has 0 aliphatic heterocycles. The predicted molar refractivity (Wildman–Crippen MR) is 100 cm³/mol. The van der Waals surface area contributed by atoms with Crippen LogP contribution in [0.4, 0.5) is 17.6 Å². The predicted octanol–water partition coefficient (Wildman–Crippen LogP) is 4.42. The molecule has 3 aromatic rings. The summed E-state index contributed by atoms with van der Waals surface area (Å²) in [7, 11) is 2.05. The molecule has 1 aromatic carbocycles. The molecule has 2 heterocycles. The van der Waals surface area contributed by atoms with Crippen LogP contribution in [0.15, 0.2) is 47.0 Å². The van der Waals surface area contributed by atoms with E-state index < -0.39 is 0 Å². The van der Waals surface area contributed by atoms with Gasteiger partial charge in [-0.2, -0.15) is 4.98 Å². The zero-order valence-corrected chi connectivity index (χ0v) is 14.9. The summed E-state index contributed by atoms with van der Waals surface area (Å²) in [5, 5.41) is 7.09. The van der Waals surface area contributed by atoms with Gasteiger partial charge in [0.2, 0.25) is 5.95 Å². The zero-order valence-electron chi connectivity index (χ0n) is 14.9. The van der Waals surface area contributed by atoms with Gasteiger partial charge >= 0.3 is 0 Å². The molecule has 0 bridgehead atoms. The lowest BCUT2D eigenvalue weighted by Crippen LogP contribution is -2.20. The molecule has 0 fully saturated rings. The number of aryl methyl sites for hydroxylation is 1. The maximum atomic E-state index is 5.10. The molecule has 2 aromatic heterocycles. The summed E-state index contributed by atoms with van der Waals surface area (Å²) < 4.78 is 5.10. The van der Waals surface area contributed by atoms with E-state index in [4.69, 9.17) is 4.52 Å². The fraction of sp³-hybridized carbons (Fsp3) is 0.316. The van der Waals surface area contributed by atoms with Gasteiger partial charge < -0.3 is 14.7 Å². The van der Waals surface area contributed by atoms with E-state index in [1.807, 2.05) is 49.4 Å². The smallest absolute Gasteiger partial charge is 0.231 e. The second-order valence-corrected chi connectivity index (χ2v) is 6.02. The maximum absolute atomic E-state index is 5.10. The van der Waals surface area contributed by atoms with Crippen LogP contribution in [-0.2, 0) is 0 Å². The van der Waals surface area contributed by atoms with Crippen molar-refractivity contribution in [1.29, 1.82) is 0 Å². The normalized spacial score (nSPS) is 10.7. The average Bonchev–Trinajstić information content (AvgIpc) is 3.04. The third-order valence-corrected chi connectivity index (χ3v) is 3.89. The molecule has 6 heteroatoms. The third-order valence-electron chi connectivity index (χ3n) is 3.89. The van der Waals surface area contributed by atoms with Gasteiger partial charge in [0.15, 0.2) is 5.82 Å². The number of rotatable bonds is 7. The Kier molecular flexibility index (Phi) is 5.28. The molecule has 0 aliphatic carbocycles. The summed E-state index contributed by atoms with van der Waals surface area (Å²) in [4.78, 5) is 11.4. The minimum Gasteiger partial charge on any atom is -0.360 e. The van der Waals surface area contributed by atoms with Gasteiger partial charge in [-0.05, 0) is 13.3 Å². The molecule has 0 saturated heterocycles. The maximum Gasteiger partial charge on any atom is 0.231 e. The molecule has 0 saturated carbocycles. The van der Waals surface area contributed by atoms with Crippen molar-refractivity contribution in [2.45, 2.75) is 26.7 Å². The number of nitrogens with zero attached hydrogens (tertiary/aromatic N) is 4. The summed E-state index contributed by atoms with van der Waals surface area (Å²) in [6, 6.07) is 13.9. The topological polar surface area (TPSA) is 67.1 Å². The zero-order chi connectivity index (χ0) is 17.6. The average molecular weight is 337 g/mol. The van der Waals surface area contributed by atoms with Crippen molar-refractivity contribution in [1.82, 2.24) is 15.1 Å². The number of aromatic nitrogens is 3. The highest BCUT2D eigenvalue weighted by Crippen LogP contribution is 2.24. The largest absolute Gasteiger partial charge is 0.360 e. The van der Waals surface area contributed by atoms with Crippen LogP contribution in [0.1, 0.15) is 25.5 Å². The molecule has 25 heavy (non-hydrogen) atoms. The SMILES string of the molecule is CCCCN(C)c1cc(-c2ccccc2)nc(Nc2cc(C)on2)n1. The van der Waals surface area contributed by atoms with Crippen LogP contribution in [0.25, 0.3) is 11.3 Å². The van der Waals surface area contributed by atoms with Crippen molar-refractivity contribution in [3.05, 3.63) is 48.2 Å². The van der Waals surface area contributed by atoms with Crippen LogP contribution in [0.3, 0.4) is 0 Å². The van der Waals surface area contributed by atoms with E-state index >= 15 is 0 Å². The highest BCUT2D eigenvalue weighted by Gasteiger charge is 2.11. The molecule has 0 spiro atoms. The molecule has 0 amide bonds. The van der Waals surface area contributed by atoms with E-state index in [1.165, 1.54) is 0 Å². The summed E-state index contributed by atoms with van der Waals surface area (Å²) in [6.45, 7) is 4.98. The Hall–Kier alpha value is -2.89. The molecular formula is C19H23N5O. The van der Waals surface area contributed by atoms with Crippen LogP contribution >= 0.6 is 0 Å². The van der Waals surface area contributed by atoms with E-state index in [2.05, 4.69) is 39.3 Å². The van der Waals surface area contributed by atoms with Gasteiger partial charge in [0.25, 0.3) is 0 Å². The van der Waals surface area contributed by atoms with Crippen LogP contribution in [0, 0.1) is 6.92 Å². The summed E-state index contributed by atoms with van der Waals surface area (Å²) in [6.07, 6.45) is 2.26. The molecule has 0 radical (unpaired) electrons. The standard InChI is InChI=1S/C19H23N5O/c1-4-5-11-24(3)18-13-16(15-9-7-6-8-10-15)20-19(22-18)21-17-12-14(2)25-23-17/h6-10,12-13H,4-5,11H2,1-3H3,(H,20,21,22,23). The van der Waals surface area contributed by atoms with Crippen molar-refractivity contribution in [2.24, 2.45) is 0 Å². The molecule has 3 rings (SSSR count). The van der Waals surface area contributed by atoms with Crippen LogP contribution in [0.5, 0.6) is 0 Å². The minimum atomic E-state index is 0.507. The van der Waals surface area contributed by atoms with E-state index in [9.17, 15) is 0 Å². The Morgan fingerprint density at radius 3 is 2.60 bits per heavy atom. The second-order valence-electron chi connectivity index (χ2n) is 6.02. The van der Waals surface area contributed by atoms with Crippen molar-refractivity contribution < 1.29 is 4.52 Å². The first-order chi connectivity index (χ1) is 12.2. The number of benzene rings is 1. The quantitative estimate of drug-likeness (QED) is 0.688. The van der Waals surface area contributed by atoms with Gasteiger partial charge in [-0.15, -0.1) is 0 Å². The Balaban J connectivity index is 1.95. The van der Waals surface area contributed by atoms with Crippen LogP contribution in [0.2, 0.25) is 0 Å². The third kappa shape index (κ3) is 4.35. The lowest BCUT2D eigenvalue weighted by molar-refractivity contribution is 0.400. The molecular weight excluding hydrogens is 314 g/mol. The highest BCUT2D eigenvalue weighted by molar-refractivity contribution is 5.65. The summed E-state index contributed by atoms with van der Waals surface area (Å²) >= 11 is 0. The first-order valence-corrected chi connectivity index (χ1v) is 8.51. The molecule has 1 N–H and O–H groups in total. The number of nitrogens with one attached hydrogen (secondary N) is 1. The lowest BCUT2D eigenvalue weighted by atomic mass is 10.1. The van der Waals surface area contributed by atoms with E-state index in [-0.39, 0.29) is 0 Å². The number of anilines is 3. The Morgan fingerprint density at radius 1 is 1.12 bits per heavy atom. The minimum absolute atomic E-state index is 0.507. The lowest BCUT2D eigenvalue weighted by Gasteiger charge is -2.19. The Morgan fingerprint density at radius 2 is 1.92 bits per heavy atom. The van der Waals surface area contributed by atoms with Crippen molar-refractivity contribution in [3.8, 4) is 11.3 Å². The van der Waals surface area contributed by atoms with Crippen LogP contribution in [-0.4, -0.2) is 28.7 Å². The molecule has 0 atom stereocenters. The second kappa shape index (κ2) is 7.79. The summed E-state index contributed by atoms with van der Waals surface area (Å²) in [5.74, 6) is 2.73. The number of unbranched alkanes of at least 4 members (excludes halogenated alkanes) is 1. The number of hydrogen-bond acceptors (Lipinski definition) is 6. The van der Waals surface area contributed by atoms with Crippen molar-refractivity contribution in [3.63, 3.8) is 0 Å². The summed E-state index contributed by atoms with van der Waals surface area (Å²) in [5.41, 5.74) is 1.92. The number of hydrogen-bond donors (Lipinski definition) is 1. The molecule has 0 unspecified atom stereocenters. The van der Waals surface area contributed by atoms with Crippen LogP contribution < -0.4 is 10.2 Å². The Labute approximate surface area is 147 Å². The first kappa shape index (κ1) is 17.0. The van der Waals surface area contributed by atoms with Gasteiger partial charge in [0, 0.05) is 31.3 Å². The molecule has 0 aliphatic rings. The van der Waals surface area contributed by atoms with Gasteiger partial charge in [-0.1, -0.05) is 48.8 Å². The van der Waals surface area contributed by atoms with Gasteiger partial charge in [-0.25, -0.2) is 4.98 Å². The monoisotopic (exact) mass is 337 g/mol. The van der Waals surface area contributed by atoms with Gasteiger partial charge in [0.05, 0.1) is 5.69 Å². The van der Waals surface area contributed by atoms with Crippen molar-refractivity contribution >= 4 is 17.6 Å². The van der Waals surface area contributed by atoms with Gasteiger partial charge in [-0.3, -0.25) is 0 Å². The fourth-order valence-electron chi connectivity index (χ4n) is 2.49. The molecule has 130 valence electrons. The van der Waals surface area contributed by atoms with Crippen molar-refractivity contribution in [2.75, 3.05) is 23.8 Å².